The summed E-state index contributed by atoms with van der Waals surface area (Å²) in [6.45, 7) is 4.87. The van der Waals surface area contributed by atoms with E-state index in [1.54, 1.807) is 20.8 Å². The van der Waals surface area contributed by atoms with Crippen molar-refractivity contribution in [2.75, 3.05) is 6.61 Å². The summed E-state index contributed by atoms with van der Waals surface area (Å²) in [6, 6.07) is 0. The van der Waals surface area contributed by atoms with E-state index in [1.165, 1.54) is 18.2 Å². The van der Waals surface area contributed by atoms with Gasteiger partial charge in [-0.25, -0.2) is 0 Å². The van der Waals surface area contributed by atoms with E-state index < -0.39 is 24.1 Å². The predicted octanol–water partition coefficient (Wildman–Crippen LogP) is 0.205. The van der Waals surface area contributed by atoms with Crippen LogP contribution in [-0.4, -0.2) is 40.5 Å². The fourth-order valence-electron chi connectivity index (χ4n) is 1.60. The summed E-state index contributed by atoms with van der Waals surface area (Å²) >= 11 is 0. The van der Waals surface area contributed by atoms with Crippen LogP contribution in [0.4, 0.5) is 0 Å². The van der Waals surface area contributed by atoms with Gasteiger partial charge in [0.15, 0.2) is 0 Å². The lowest BCUT2D eigenvalue weighted by Crippen LogP contribution is -2.40. The first-order valence-corrected chi connectivity index (χ1v) is 5.80. The molecule has 1 rings (SSSR count). The Kier molecular flexibility index (Phi) is 4.37. The van der Waals surface area contributed by atoms with Crippen LogP contribution < -0.4 is 0 Å². The first-order chi connectivity index (χ1) is 8.20. The van der Waals surface area contributed by atoms with E-state index in [0.29, 0.717) is 5.47 Å². The quantitative estimate of drug-likeness (QED) is 0.495. The lowest BCUT2D eigenvalue weighted by Gasteiger charge is -2.31. The number of allylic oxidation sites excluding steroid dienone is 3. The summed E-state index contributed by atoms with van der Waals surface area (Å²) in [5.74, 6) is -0.517. The topological polar surface area (TPSA) is 87.0 Å². The molecule has 0 radical (unpaired) electrons. The van der Waals surface area contributed by atoms with E-state index in [4.69, 9.17) is 14.8 Å². The van der Waals surface area contributed by atoms with Crippen molar-refractivity contribution < 1.29 is 24.7 Å². The number of hydrogen-bond acceptors (Lipinski definition) is 5. The van der Waals surface area contributed by atoms with Crippen molar-refractivity contribution in [2.24, 2.45) is 5.41 Å². The molecular weight excluding hydrogens is 235 g/mol. The highest BCUT2D eigenvalue weighted by Gasteiger charge is 2.40. The van der Waals surface area contributed by atoms with Gasteiger partial charge in [0, 0.05) is 0 Å². The summed E-state index contributed by atoms with van der Waals surface area (Å²) in [4.78, 5) is 12.1. The van der Waals surface area contributed by atoms with Gasteiger partial charge in [-0.05, 0) is 32.7 Å². The molecule has 100 valence electrons. The number of carbonyl (C=O) groups is 1. The number of hydrogen-bond donors (Lipinski definition) is 3. The Hall–Kier alpha value is -1.11. The normalized spacial score (nSPS) is 23.6. The van der Waals surface area contributed by atoms with Crippen LogP contribution in [0.2, 0.25) is 0 Å². The summed E-state index contributed by atoms with van der Waals surface area (Å²) in [5, 5.41) is 27.4. The Morgan fingerprint density at radius 2 is 2.11 bits per heavy atom. The highest BCUT2D eigenvalue weighted by molar-refractivity contribution is 6.51. The van der Waals surface area contributed by atoms with Crippen LogP contribution in [0.1, 0.15) is 27.2 Å². The maximum absolute atomic E-state index is 12.1. The molecule has 6 heteroatoms. The van der Waals surface area contributed by atoms with Gasteiger partial charge in [0.1, 0.15) is 11.0 Å². The molecule has 0 bridgehead atoms. The maximum atomic E-state index is 12.1. The first-order valence-electron chi connectivity index (χ1n) is 5.80. The van der Waals surface area contributed by atoms with Gasteiger partial charge in [0.25, 0.3) is 0 Å². The van der Waals surface area contributed by atoms with E-state index >= 15 is 0 Å². The second-order valence-corrected chi connectivity index (χ2v) is 5.43. The zero-order valence-electron chi connectivity index (χ0n) is 10.9. The van der Waals surface area contributed by atoms with E-state index in [0.717, 1.165) is 0 Å². The van der Waals surface area contributed by atoms with Crippen LogP contribution in [0.3, 0.4) is 0 Å². The molecule has 0 aromatic rings. The number of aliphatic hydroxyl groups is 1. The second kappa shape index (κ2) is 5.26. The Bertz CT molecular complexity index is 380. The Labute approximate surface area is 107 Å². The molecule has 0 heterocycles. The average Bonchev–Trinajstić information content (AvgIpc) is 2.26. The van der Waals surface area contributed by atoms with Crippen LogP contribution >= 0.6 is 0 Å². The SMILES string of the molecule is CC(C)(C)OC(=O)C1(CO)C=CC(B(O)O)=CC1. The monoisotopic (exact) mass is 254 g/mol. The van der Waals surface area contributed by atoms with Gasteiger partial charge in [-0.2, -0.15) is 0 Å². The van der Waals surface area contributed by atoms with E-state index in [9.17, 15) is 9.90 Å². The molecule has 18 heavy (non-hydrogen) atoms. The zero-order valence-corrected chi connectivity index (χ0v) is 10.9. The van der Waals surface area contributed by atoms with Gasteiger partial charge in [-0.1, -0.05) is 18.2 Å². The van der Waals surface area contributed by atoms with E-state index in [-0.39, 0.29) is 13.0 Å². The van der Waals surface area contributed by atoms with Gasteiger partial charge < -0.3 is 19.9 Å². The molecule has 0 saturated carbocycles. The third-order valence-electron chi connectivity index (χ3n) is 2.68. The van der Waals surface area contributed by atoms with Crippen molar-refractivity contribution in [3.05, 3.63) is 23.7 Å². The lowest BCUT2D eigenvalue weighted by atomic mass is 9.71. The fourth-order valence-corrected chi connectivity index (χ4v) is 1.60. The molecule has 0 fully saturated rings. The molecule has 0 spiro atoms. The van der Waals surface area contributed by atoms with Crippen molar-refractivity contribution in [3.63, 3.8) is 0 Å². The highest BCUT2D eigenvalue weighted by Crippen LogP contribution is 2.32. The zero-order chi connectivity index (χ0) is 14.0. The average molecular weight is 254 g/mol. The maximum Gasteiger partial charge on any atom is 0.488 e. The minimum atomic E-state index is -1.57. The van der Waals surface area contributed by atoms with E-state index in [2.05, 4.69) is 0 Å². The molecule has 0 aliphatic heterocycles. The van der Waals surface area contributed by atoms with Crippen LogP contribution in [0.15, 0.2) is 23.7 Å². The number of ether oxygens (including phenoxy) is 1. The number of rotatable bonds is 3. The van der Waals surface area contributed by atoms with E-state index in [1.807, 2.05) is 0 Å². The largest absolute Gasteiger partial charge is 0.488 e. The van der Waals surface area contributed by atoms with Crippen molar-refractivity contribution >= 4 is 13.1 Å². The molecule has 1 aliphatic rings. The number of esters is 1. The van der Waals surface area contributed by atoms with Crippen LogP contribution in [0, 0.1) is 5.41 Å². The summed E-state index contributed by atoms with van der Waals surface area (Å²) in [7, 11) is -1.57. The standard InChI is InChI=1S/C12H19BO5/c1-11(2,3)18-10(15)12(8-14)6-4-9(5-7-12)13(16)17/h4-6,14,16-17H,7-8H2,1-3H3. The minimum absolute atomic E-state index is 0.182. The van der Waals surface area contributed by atoms with Crippen molar-refractivity contribution in [1.82, 2.24) is 0 Å². The molecule has 5 nitrogen and oxygen atoms in total. The first kappa shape index (κ1) is 15.0. The molecule has 3 N–H and O–H groups in total. The second-order valence-electron chi connectivity index (χ2n) is 5.43. The third-order valence-corrected chi connectivity index (χ3v) is 2.68. The highest BCUT2D eigenvalue weighted by atomic mass is 16.6. The van der Waals surface area contributed by atoms with Crippen LogP contribution in [-0.2, 0) is 9.53 Å². The van der Waals surface area contributed by atoms with Gasteiger partial charge in [-0.15, -0.1) is 0 Å². The predicted molar refractivity (Wildman–Crippen MR) is 67.4 cm³/mol. The summed E-state index contributed by atoms with van der Waals surface area (Å²) < 4.78 is 5.26. The molecule has 0 aromatic carbocycles. The summed E-state index contributed by atoms with van der Waals surface area (Å²) in [5.41, 5.74) is -1.46. The number of carbonyl (C=O) groups excluding carboxylic acids is 1. The third kappa shape index (κ3) is 3.44. The molecule has 1 atom stereocenters. The number of aliphatic hydroxyl groups excluding tert-OH is 1. The lowest BCUT2D eigenvalue weighted by molar-refractivity contribution is -0.166. The van der Waals surface area contributed by atoms with Gasteiger partial charge in [0.05, 0.1) is 6.61 Å². The van der Waals surface area contributed by atoms with Crippen molar-refractivity contribution in [1.29, 1.82) is 0 Å². The van der Waals surface area contributed by atoms with Gasteiger partial charge in [0.2, 0.25) is 0 Å². The molecular formula is C12H19BO5. The Balaban J connectivity index is 2.86. The fraction of sp³-hybridized carbons (Fsp3) is 0.583. The Morgan fingerprint density at radius 3 is 2.44 bits per heavy atom. The molecule has 0 amide bonds. The van der Waals surface area contributed by atoms with Crippen LogP contribution in [0.5, 0.6) is 0 Å². The van der Waals surface area contributed by atoms with Gasteiger partial charge in [-0.3, -0.25) is 4.79 Å². The smallest absolute Gasteiger partial charge is 0.459 e. The van der Waals surface area contributed by atoms with Crippen LogP contribution in [0.25, 0.3) is 0 Å². The molecule has 1 aliphatic carbocycles. The Morgan fingerprint density at radius 1 is 1.50 bits per heavy atom. The van der Waals surface area contributed by atoms with Gasteiger partial charge >= 0.3 is 13.1 Å². The van der Waals surface area contributed by atoms with Crippen molar-refractivity contribution in [3.8, 4) is 0 Å². The minimum Gasteiger partial charge on any atom is -0.459 e. The molecule has 1 unspecified atom stereocenters. The molecule has 0 aromatic heterocycles. The van der Waals surface area contributed by atoms with Crippen molar-refractivity contribution in [2.45, 2.75) is 32.8 Å². The molecule has 0 saturated heterocycles. The summed E-state index contributed by atoms with van der Waals surface area (Å²) in [6.07, 6.45) is 4.59.